The number of hydrogen-bond donors (Lipinski definition) is 0. The Kier molecular flexibility index (Phi) is 5.71. The summed E-state index contributed by atoms with van der Waals surface area (Å²) in [4.78, 5) is 2.63. The number of piperidine rings is 1. The summed E-state index contributed by atoms with van der Waals surface area (Å²) < 4.78 is 5.72. The highest BCUT2D eigenvalue weighted by Gasteiger charge is 2.20. The topological polar surface area (TPSA) is 12.5 Å². The second-order valence-electron chi connectivity index (χ2n) is 6.07. The quantitative estimate of drug-likeness (QED) is 0.722. The molecule has 0 N–H and O–H groups in total. The number of hydrogen-bond acceptors (Lipinski definition) is 2. The van der Waals surface area contributed by atoms with Crippen LogP contribution in [0.4, 0.5) is 0 Å². The number of ether oxygens (including phenoxy) is 1. The molecule has 2 heteroatoms. The second-order valence-corrected chi connectivity index (χ2v) is 6.07. The SMILES string of the molecule is C[C@@H]1C[C@H](C)CN(CCCCOc2ccccc2)C1. The molecule has 1 aliphatic rings. The second kappa shape index (κ2) is 7.54. The minimum Gasteiger partial charge on any atom is -0.494 e. The summed E-state index contributed by atoms with van der Waals surface area (Å²) in [5, 5.41) is 0. The van der Waals surface area contributed by atoms with E-state index in [4.69, 9.17) is 4.74 Å². The van der Waals surface area contributed by atoms with E-state index in [1.165, 1.54) is 32.5 Å². The number of benzene rings is 1. The number of rotatable bonds is 6. The molecule has 1 aliphatic heterocycles. The first-order chi connectivity index (χ1) is 9.24. The van der Waals surface area contributed by atoms with E-state index >= 15 is 0 Å². The molecule has 19 heavy (non-hydrogen) atoms. The third kappa shape index (κ3) is 5.23. The Morgan fingerprint density at radius 1 is 1.05 bits per heavy atom. The maximum Gasteiger partial charge on any atom is 0.119 e. The third-order valence-corrected chi connectivity index (χ3v) is 3.83. The molecular weight excluding hydrogens is 234 g/mol. The molecule has 106 valence electrons. The number of nitrogens with zero attached hydrogens (tertiary/aromatic N) is 1. The first-order valence-corrected chi connectivity index (χ1v) is 7.64. The Bertz CT molecular complexity index is 342. The van der Waals surface area contributed by atoms with Crippen molar-refractivity contribution in [3.63, 3.8) is 0 Å². The zero-order valence-electron chi connectivity index (χ0n) is 12.3. The largest absolute Gasteiger partial charge is 0.494 e. The van der Waals surface area contributed by atoms with E-state index in [1.807, 2.05) is 30.3 Å². The monoisotopic (exact) mass is 261 g/mol. The lowest BCUT2D eigenvalue weighted by Gasteiger charge is -2.34. The summed E-state index contributed by atoms with van der Waals surface area (Å²) in [7, 11) is 0. The molecule has 1 aromatic rings. The fourth-order valence-electron chi connectivity index (χ4n) is 3.12. The molecule has 0 aromatic heterocycles. The van der Waals surface area contributed by atoms with Crippen molar-refractivity contribution >= 4 is 0 Å². The van der Waals surface area contributed by atoms with Gasteiger partial charge in [0.1, 0.15) is 5.75 Å². The highest BCUT2D eigenvalue weighted by Crippen LogP contribution is 2.21. The highest BCUT2D eigenvalue weighted by atomic mass is 16.5. The predicted molar refractivity (Wildman–Crippen MR) is 80.6 cm³/mol. The van der Waals surface area contributed by atoms with Crippen LogP contribution in [0.3, 0.4) is 0 Å². The van der Waals surface area contributed by atoms with E-state index in [1.54, 1.807) is 0 Å². The van der Waals surface area contributed by atoms with Crippen molar-refractivity contribution in [2.45, 2.75) is 33.1 Å². The van der Waals surface area contributed by atoms with Crippen LogP contribution in [0.2, 0.25) is 0 Å². The van der Waals surface area contributed by atoms with E-state index in [-0.39, 0.29) is 0 Å². The van der Waals surface area contributed by atoms with Gasteiger partial charge in [-0.05, 0) is 49.8 Å². The first kappa shape index (κ1) is 14.4. The molecule has 2 atom stereocenters. The van der Waals surface area contributed by atoms with Crippen molar-refractivity contribution in [1.29, 1.82) is 0 Å². The molecule has 0 radical (unpaired) electrons. The molecule has 0 amide bonds. The van der Waals surface area contributed by atoms with Crippen LogP contribution >= 0.6 is 0 Å². The Morgan fingerprint density at radius 3 is 2.42 bits per heavy atom. The maximum atomic E-state index is 5.72. The lowest BCUT2D eigenvalue weighted by atomic mass is 9.92. The van der Waals surface area contributed by atoms with Gasteiger partial charge in [-0.3, -0.25) is 0 Å². The molecule has 0 bridgehead atoms. The van der Waals surface area contributed by atoms with Crippen molar-refractivity contribution in [2.24, 2.45) is 11.8 Å². The van der Waals surface area contributed by atoms with E-state index < -0.39 is 0 Å². The van der Waals surface area contributed by atoms with Gasteiger partial charge in [0.25, 0.3) is 0 Å². The van der Waals surface area contributed by atoms with Gasteiger partial charge in [0, 0.05) is 13.1 Å². The van der Waals surface area contributed by atoms with Crippen LogP contribution in [0.15, 0.2) is 30.3 Å². The van der Waals surface area contributed by atoms with Crippen LogP contribution in [-0.4, -0.2) is 31.1 Å². The van der Waals surface area contributed by atoms with Crippen molar-refractivity contribution in [2.75, 3.05) is 26.2 Å². The number of unbranched alkanes of at least 4 members (excludes halogenated alkanes) is 1. The van der Waals surface area contributed by atoms with Crippen molar-refractivity contribution < 1.29 is 4.74 Å². The number of likely N-dealkylation sites (tertiary alicyclic amines) is 1. The molecule has 1 saturated heterocycles. The van der Waals surface area contributed by atoms with Crippen molar-refractivity contribution in [3.05, 3.63) is 30.3 Å². The lowest BCUT2D eigenvalue weighted by molar-refractivity contribution is 0.136. The summed E-state index contributed by atoms with van der Waals surface area (Å²) in [6.07, 6.45) is 3.79. The van der Waals surface area contributed by atoms with Gasteiger partial charge in [-0.1, -0.05) is 32.0 Å². The first-order valence-electron chi connectivity index (χ1n) is 7.64. The lowest BCUT2D eigenvalue weighted by Crippen LogP contribution is -2.39. The van der Waals surface area contributed by atoms with Crippen LogP contribution in [0, 0.1) is 11.8 Å². The van der Waals surface area contributed by atoms with E-state index in [0.717, 1.165) is 30.6 Å². The van der Waals surface area contributed by atoms with Gasteiger partial charge in [0.2, 0.25) is 0 Å². The zero-order valence-corrected chi connectivity index (χ0v) is 12.3. The van der Waals surface area contributed by atoms with Gasteiger partial charge in [0.05, 0.1) is 6.61 Å². The average Bonchev–Trinajstić information content (AvgIpc) is 2.38. The number of para-hydroxylation sites is 1. The van der Waals surface area contributed by atoms with E-state index in [2.05, 4.69) is 18.7 Å². The Hall–Kier alpha value is -1.02. The summed E-state index contributed by atoms with van der Waals surface area (Å²) in [6, 6.07) is 10.1. The average molecular weight is 261 g/mol. The minimum atomic E-state index is 0.836. The van der Waals surface area contributed by atoms with Gasteiger partial charge < -0.3 is 9.64 Å². The van der Waals surface area contributed by atoms with Gasteiger partial charge in [0.15, 0.2) is 0 Å². The van der Waals surface area contributed by atoms with Gasteiger partial charge in [-0.15, -0.1) is 0 Å². The standard InChI is InChI=1S/C17H27NO/c1-15-12-16(2)14-18(13-15)10-6-7-11-19-17-8-4-3-5-9-17/h3-5,8-9,15-16H,6-7,10-14H2,1-2H3/t15-,16+. The summed E-state index contributed by atoms with van der Waals surface area (Å²) in [5.41, 5.74) is 0. The Balaban J connectivity index is 1.57. The molecule has 1 aromatic carbocycles. The summed E-state index contributed by atoms with van der Waals surface area (Å²) >= 11 is 0. The minimum absolute atomic E-state index is 0.836. The van der Waals surface area contributed by atoms with Crippen LogP contribution in [0.5, 0.6) is 5.75 Å². The molecule has 1 heterocycles. The van der Waals surface area contributed by atoms with E-state index in [9.17, 15) is 0 Å². The normalized spacial score (nSPS) is 24.3. The maximum absolute atomic E-state index is 5.72. The van der Waals surface area contributed by atoms with Crippen LogP contribution in [-0.2, 0) is 0 Å². The fraction of sp³-hybridized carbons (Fsp3) is 0.647. The van der Waals surface area contributed by atoms with Gasteiger partial charge >= 0.3 is 0 Å². The van der Waals surface area contributed by atoms with Gasteiger partial charge in [-0.25, -0.2) is 0 Å². The predicted octanol–water partition coefficient (Wildman–Crippen LogP) is 3.82. The summed E-state index contributed by atoms with van der Waals surface area (Å²) in [5.74, 6) is 2.72. The highest BCUT2D eigenvalue weighted by molar-refractivity contribution is 5.20. The fourth-order valence-corrected chi connectivity index (χ4v) is 3.12. The molecule has 0 spiro atoms. The molecule has 2 rings (SSSR count). The molecule has 2 nitrogen and oxygen atoms in total. The summed E-state index contributed by atoms with van der Waals surface area (Å²) in [6.45, 7) is 9.38. The Labute approximate surface area is 117 Å². The van der Waals surface area contributed by atoms with Gasteiger partial charge in [-0.2, -0.15) is 0 Å². The van der Waals surface area contributed by atoms with Crippen LogP contribution in [0.1, 0.15) is 33.1 Å². The third-order valence-electron chi connectivity index (χ3n) is 3.83. The zero-order chi connectivity index (χ0) is 13.5. The van der Waals surface area contributed by atoms with Crippen molar-refractivity contribution in [1.82, 2.24) is 4.90 Å². The van der Waals surface area contributed by atoms with Crippen LogP contribution < -0.4 is 4.74 Å². The smallest absolute Gasteiger partial charge is 0.119 e. The van der Waals surface area contributed by atoms with Crippen molar-refractivity contribution in [3.8, 4) is 5.75 Å². The molecule has 0 unspecified atom stereocenters. The van der Waals surface area contributed by atoms with E-state index in [0.29, 0.717) is 0 Å². The Morgan fingerprint density at radius 2 is 1.74 bits per heavy atom. The molecule has 0 saturated carbocycles. The molecule has 1 fully saturated rings. The molecular formula is C17H27NO. The van der Waals surface area contributed by atoms with Crippen LogP contribution in [0.25, 0.3) is 0 Å². The molecule has 0 aliphatic carbocycles.